The first-order valence-corrected chi connectivity index (χ1v) is 6.73. The van der Waals surface area contributed by atoms with Gasteiger partial charge in [0.15, 0.2) is 0 Å². The van der Waals surface area contributed by atoms with Crippen molar-refractivity contribution in [1.29, 1.82) is 0 Å². The van der Waals surface area contributed by atoms with Crippen LogP contribution in [0.25, 0.3) is 0 Å². The molecule has 0 radical (unpaired) electrons. The molecule has 0 aliphatic carbocycles. The highest BCUT2D eigenvalue weighted by Gasteiger charge is 2.13. The molecule has 0 unspecified atom stereocenters. The number of benzene rings is 2. The van der Waals surface area contributed by atoms with Crippen LogP contribution in [0.5, 0.6) is 0 Å². The van der Waals surface area contributed by atoms with Crippen LogP contribution >= 0.6 is 11.6 Å². The largest absolute Gasteiger partial charge is 0.370 e. The number of hydrogen-bond acceptors (Lipinski definition) is 3. The van der Waals surface area contributed by atoms with Crippen molar-refractivity contribution in [2.45, 2.75) is 12.4 Å². The minimum Gasteiger partial charge on any atom is -0.370 e. The van der Waals surface area contributed by atoms with Crippen LogP contribution in [0.3, 0.4) is 0 Å². The van der Waals surface area contributed by atoms with Crippen LogP contribution in [0.1, 0.15) is 11.1 Å². The van der Waals surface area contributed by atoms with E-state index < -0.39 is 4.92 Å². The minimum atomic E-state index is -0.406. The third kappa shape index (κ3) is 3.27. The molecule has 0 aliphatic rings. The Hall–Kier alpha value is -2.07. The molecular formula is C15H15ClN2O2. The van der Waals surface area contributed by atoms with E-state index >= 15 is 0 Å². The molecule has 0 saturated heterocycles. The molecule has 0 bridgehead atoms. The van der Waals surface area contributed by atoms with E-state index in [0.29, 0.717) is 0 Å². The monoisotopic (exact) mass is 290 g/mol. The van der Waals surface area contributed by atoms with Crippen LogP contribution in [0.2, 0.25) is 0 Å². The third-order valence-corrected chi connectivity index (χ3v) is 3.38. The minimum absolute atomic E-state index is 0.0671. The average molecular weight is 291 g/mol. The first-order chi connectivity index (χ1) is 9.61. The van der Waals surface area contributed by atoms with Crippen molar-refractivity contribution in [3.8, 4) is 0 Å². The molecule has 104 valence electrons. The van der Waals surface area contributed by atoms with E-state index in [9.17, 15) is 10.1 Å². The molecule has 0 N–H and O–H groups in total. The van der Waals surface area contributed by atoms with E-state index in [1.807, 2.05) is 42.3 Å². The number of hydrogen-bond donors (Lipinski definition) is 0. The normalized spacial score (nSPS) is 10.3. The molecular weight excluding hydrogens is 276 g/mol. The average Bonchev–Trinajstić information content (AvgIpc) is 2.47. The van der Waals surface area contributed by atoms with Gasteiger partial charge in [-0.15, -0.1) is 11.6 Å². The van der Waals surface area contributed by atoms with E-state index in [1.54, 1.807) is 6.07 Å². The van der Waals surface area contributed by atoms with Crippen molar-refractivity contribution < 1.29 is 4.92 Å². The van der Waals surface area contributed by atoms with Crippen LogP contribution in [0.15, 0.2) is 48.5 Å². The van der Waals surface area contributed by atoms with Gasteiger partial charge in [0, 0.05) is 37.3 Å². The van der Waals surface area contributed by atoms with E-state index in [1.165, 1.54) is 17.7 Å². The lowest BCUT2D eigenvalue weighted by molar-refractivity contribution is -0.384. The lowest BCUT2D eigenvalue weighted by Gasteiger charge is -2.22. The summed E-state index contributed by atoms with van der Waals surface area (Å²) in [5, 5.41) is 10.8. The van der Waals surface area contributed by atoms with Crippen molar-refractivity contribution in [2.75, 3.05) is 11.9 Å². The Morgan fingerprint density at radius 1 is 1.20 bits per heavy atom. The maximum absolute atomic E-state index is 10.8. The molecule has 20 heavy (non-hydrogen) atoms. The highest BCUT2D eigenvalue weighted by atomic mass is 35.5. The van der Waals surface area contributed by atoms with Crippen molar-refractivity contribution in [3.63, 3.8) is 0 Å². The summed E-state index contributed by atoms with van der Waals surface area (Å²) < 4.78 is 0. The van der Waals surface area contributed by atoms with Gasteiger partial charge < -0.3 is 4.90 Å². The van der Waals surface area contributed by atoms with Gasteiger partial charge in [-0.2, -0.15) is 0 Å². The van der Waals surface area contributed by atoms with Crippen LogP contribution < -0.4 is 4.90 Å². The summed E-state index contributed by atoms with van der Waals surface area (Å²) in [5.74, 6) is 0.246. The second kappa shape index (κ2) is 6.39. The number of alkyl halides is 1. The van der Waals surface area contributed by atoms with Gasteiger partial charge in [-0.3, -0.25) is 10.1 Å². The number of rotatable bonds is 5. The highest BCUT2D eigenvalue weighted by Crippen LogP contribution is 2.27. The van der Waals surface area contributed by atoms with Gasteiger partial charge >= 0.3 is 0 Å². The first kappa shape index (κ1) is 14.3. The molecule has 2 aromatic carbocycles. The highest BCUT2D eigenvalue weighted by molar-refractivity contribution is 6.17. The summed E-state index contributed by atoms with van der Waals surface area (Å²) in [5.41, 5.74) is 2.92. The smallest absolute Gasteiger partial charge is 0.269 e. The van der Waals surface area contributed by atoms with Crippen molar-refractivity contribution in [3.05, 3.63) is 69.8 Å². The lowest BCUT2D eigenvalue weighted by Crippen LogP contribution is -2.17. The predicted molar refractivity (Wildman–Crippen MR) is 81.2 cm³/mol. The Morgan fingerprint density at radius 2 is 1.90 bits per heavy atom. The van der Waals surface area contributed by atoms with E-state index in [4.69, 9.17) is 11.6 Å². The Balaban J connectivity index is 2.25. The van der Waals surface area contributed by atoms with Gasteiger partial charge in [0.1, 0.15) is 0 Å². The van der Waals surface area contributed by atoms with Gasteiger partial charge in [-0.1, -0.05) is 30.3 Å². The van der Waals surface area contributed by atoms with Gasteiger partial charge in [0.05, 0.1) is 4.92 Å². The number of halogens is 1. The molecule has 2 aromatic rings. The van der Waals surface area contributed by atoms with Crippen molar-refractivity contribution in [1.82, 2.24) is 0 Å². The molecule has 0 saturated carbocycles. The predicted octanol–water partition coefficient (Wildman–Crippen LogP) is 3.97. The molecule has 0 fully saturated rings. The Kier molecular flexibility index (Phi) is 4.58. The molecule has 5 heteroatoms. The topological polar surface area (TPSA) is 46.4 Å². The van der Waals surface area contributed by atoms with E-state index in [0.717, 1.165) is 17.8 Å². The zero-order valence-electron chi connectivity index (χ0n) is 11.1. The second-order valence-electron chi connectivity index (χ2n) is 4.55. The zero-order valence-corrected chi connectivity index (χ0v) is 11.9. The molecule has 2 rings (SSSR count). The van der Waals surface area contributed by atoms with E-state index in [2.05, 4.69) is 0 Å². The zero-order chi connectivity index (χ0) is 14.5. The summed E-state index contributed by atoms with van der Waals surface area (Å²) in [6.45, 7) is 0.725. The Bertz CT molecular complexity index is 602. The van der Waals surface area contributed by atoms with Gasteiger partial charge in [-0.05, 0) is 17.2 Å². The van der Waals surface area contributed by atoms with Crippen molar-refractivity contribution in [2.24, 2.45) is 0 Å². The van der Waals surface area contributed by atoms with Crippen molar-refractivity contribution >= 4 is 23.0 Å². The summed E-state index contributed by atoms with van der Waals surface area (Å²) in [4.78, 5) is 12.4. The van der Waals surface area contributed by atoms with Crippen LogP contribution in [0, 0.1) is 10.1 Å². The van der Waals surface area contributed by atoms with Crippen LogP contribution in [-0.2, 0) is 12.4 Å². The number of nitro benzene ring substituents is 1. The van der Waals surface area contributed by atoms with Crippen LogP contribution in [0.4, 0.5) is 11.4 Å². The fourth-order valence-corrected chi connectivity index (χ4v) is 2.32. The Labute approximate surface area is 122 Å². The number of nitrogens with zero attached hydrogens (tertiary/aromatic N) is 2. The van der Waals surface area contributed by atoms with E-state index in [-0.39, 0.29) is 11.6 Å². The maximum atomic E-state index is 10.8. The molecule has 0 amide bonds. The fraction of sp³-hybridized carbons (Fsp3) is 0.200. The third-order valence-electron chi connectivity index (χ3n) is 3.09. The SMILES string of the molecule is CN(Cc1ccccc1)c1ccc([N+](=O)[O-])cc1CCl. The molecule has 4 nitrogen and oxygen atoms in total. The molecule has 0 heterocycles. The summed E-state index contributed by atoms with van der Waals surface area (Å²) in [7, 11) is 1.95. The maximum Gasteiger partial charge on any atom is 0.269 e. The van der Waals surface area contributed by atoms with Gasteiger partial charge in [0.25, 0.3) is 5.69 Å². The van der Waals surface area contributed by atoms with Gasteiger partial charge in [0.2, 0.25) is 0 Å². The summed E-state index contributed by atoms with van der Waals surface area (Å²) in [6.07, 6.45) is 0. The number of anilines is 1. The first-order valence-electron chi connectivity index (χ1n) is 6.20. The second-order valence-corrected chi connectivity index (χ2v) is 4.81. The molecule has 0 aromatic heterocycles. The van der Waals surface area contributed by atoms with Crippen LogP contribution in [-0.4, -0.2) is 12.0 Å². The Morgan fingerprint density at radius 3 is 2.50 bits per heavy atom. The number of non-ortho nitro benzene ring substituents is 1. The lowest BCUT2D eigenvalue weighted by atomic mass is 10.1. The summed E-state index contributed by atoms with van der Waals surface area (Å²) in [6, 6.07) is 14.8. The summed E-state index contributed by atoms with van der Waals surface area (Å²) >= 11 is 5.91. The fourth-order valence-electron chi connectivity index (χ4n) is 2.11. The van der Waals surface area contributed by atoms with Gasteiger partial charge in [-0.25, -0.2) is 0 Å². The quantitative estimate of drug-likeness (QED) is 0.475. The molecule has 0 atom stereocenters. The molecule has 0 spiro atoms. The number of nitro groups is 1. The molecule has 0 aliphatic heterocycles. The standard InChI is InChI=1S/C15H15ClN2O2/c1-17(11-12-5-3-2-4-6-12)15-8-7-14(18(19)20)9-13(15)10-16/h2-9H,10-11H2,1H3.